The molecule has 0 spiro atoms. The van der Waals surface area contributed by atoms with E-state index in [1.54, 1.807) is 12.2 Å². The monoisotopic (exact) mass is 223 g/mol. The third kappa shape index (κ3) is 5.23. The first-order chi connectivity index (χ1) is 7.18. The topological polar surface area (TPSA) is 29.1 Å². The average Bonchev–Trinajstić information content (AvgIpc) is 2.18. The predicted octanol–water partition coefficient (Wildman–Crippen LogP) is 3.20. The number of rotatable bonds is 4. The van der Waals surface area contributed by atoms with E-state index in [2.05, 4.69) is 5.32 Å². The number of anilines is 1. The summed E-state index contributed by atoms with van der Waals surface area (Å²) >= 11 is 5.70. The third-order valence-electron chi connectivity index (χ3n) is 1.76. The quantitative estimate of drug-likeness (QED) is 0.617. The fourth-order valence-corrected chi connectivity index (χ4v) is 1.20. The van der Waals surface area contributed by atoms with Gasteiger partial charge in [-0.1, -0.05) is 30.4 Å². The number of benzene rings is 1. The number of para-hydroxylation sites is 1. The number of carbonyl (C=O) groups is 1. The van der Waals surface area contributed by atoms with Gasteiger partial charge in [-0.3, -0.25) is 4.79 Å². The van der Waals surface area contributed by atoms with Crippen molar-refractivity contribution in [3.8, 4) is 0 Å². The van der Waals surface area contributed by atoms with E-state index in [0.717, 1.165) is 5.69 Å². The highest BCUT2D eigenvalue weighted by Crippen LogP contribution is 2.05. The molecular weight excluding hydrogens is 210 g/mol. The molecule has 15 heavy (non-hydrogen) atoms. The Kier molecular flexibility index (Phi) is 4.91. The minimum absolute atomic E-state index is 0.0326. The molecule has 0 saturated heterocycles. The molecule has 0 unspecified atom stereocenters. The standard InChI is InChI=1S/C12H14ClNO/c1-10(13)6-5-9-12(15)14-11-7-3-2-4-8-11/h2-8,10H,9H2,1H3,(H,14,15)/b6-5+/t10-/m1/s1. The number of halogens is 1. The highest BCUT2D eigenvalue weighted by atomic mass is 35.5. The molecule has 0 radical (unpaired) electrons. The predicted molar refractivity (Wildman–Crippen MR) is 64.1 cm³/mol. The number of carbonyl (C=O) groups excluding carboxylic acids is 1. The molecule has 0 aliphatic rings. The lowest BCUT2D eigenvalue weighted by Crippen LogP contribution is -2.09. The van der Waals surface area contributed by atoms with Crippen LogP contribution in [0.25, 0.3) is 0 Å². The number of amides is 1. The molecule has 1 rings (SSSR count). The van der Waals surface area contributed by atoms with Crippen LogP contribution in [0.3, 0.4) is 0 Å². The van der Waals surface area contributed by atoms with E-state index in [-0.39, 0.29) is 11.3 Å². The lowest BCUT2D eigenvalue weighted by Gasteiger charge is -2.02. The van der Waals surface area contributed by atoms with Gasteiger partial charge in [0.2, 0.25) is 5.91 Å². The summed E-state index contributed by atoms with van der Waals surface area (Å²) in [5.74, 6) is -0.0326. The number of alkyl halides is 1. The van der Waals surface area contributed by atoms with E-state index in [4.69, 9.17) is 11.6 Å². The summed E-state index contributed by atoms with van der Waals surface area (Å²) in [6.45, 7) is 1.85. The molecule has 0 bridgehead atoms. The van der Waals surface area contributed by atoms with Crippen LogP contribution in [-0.2, 0) is 4.79 Å². The summed E-state index contributed by atoms with van der Waals surface area (Å²) in [5.41, 5.74) is 0.815. The van der Waals surface area contributed by atoms with Crippen molar-refractivity contribution in [1.29, 1.82) is 0 Å². The van der Waals surface area contributed by atoms with Crippen LogP contribution >= 0.6 is 11.6 Å². The van der Waals surface area contributed by atoms with Gasteiger partial charge in [0.05, 0.1) is 0 Å². The Bertz CT molecular complexity index is 333. The number of allylic oxidation sites excluding steroid dienone is 1. The van der Waals surface area contributed by atoms with Gasteiger partial charge in [0, 0.05) is 17.5 Å². The van der Waals surface area contributed by atoms with Crippen molar-refractivity contribution in [1.82, 2.24) is 0 Å². The summed E-state index contributed by atoms with van der Waals surface area (Å²) in [4.78, 5) is 11.4. The van der Waals surface area contributed by atoms with Crippen molar-refractivity contribution >= 4 is 23.2 Å². The lowest BCUT2D eigenvalue weighted by molar-refractivity contribution is -0.115. The van der Waals surface area contributed by atoms with E-state index < -0.39 is 0 Å². The fraction of sp³-hybridized carbons (Fsp3) is 0.250. The van der Waals surface area contributed by atoms with Gasteiger partial charge in [0.25, 0.3) is 0 Å². The first kappa shape index (κ1) is 11.8. The fourth-order valence-electron chi connectivity index (χ4n) is 1.10. The van der Waals surface area contributed by atoms with Crippen molar-refractivity contribution in [2.45, 2.75) is 18.7 Å². The molecule has 1 amide bonds. The van der Waals surface area contributed by atoms with Gasteiger partial charge >= 0.3 is 0 Å². The van der Waals surface area contributed by atoms with Crippen molar-refractivity contribution in [3.63, 3.8) is 0 Å². The molecule has 0 aliphatic heterocycles. The van der Waals surface area contributed by atoms with Gasteiger partial charge in [-0.05, 0) is 19.1 Å². The Balaban J connectivity index is 2.37. The summed E-state index contributed by atoms with van der Waals surface area (Å²) in [5, 5.41) is 2.75. The normalized spacial score (nSPS) is 12.7. The lowest BCUT2D eigenvalue weighted by atomic mass is 10.3. The molecular formula is C12H14ClNO. The van der Waals surface area contributed by atoms with Crippen LogP contribution in [0.4, 0.5) is 5.69 Å². The first-order valence-electron chi connectivity index (χ1n) is 4.84. The molecule has 0 aromatic heterocycles. The van der Waals surface area contributed by atoms with Gasteiger partial charge in [-0.25, -0.2) is 0 Å². The molecule has 1 atom stereocenters. The molecule has 2 nitrogen and oxygen atoms in total. The van der Waals surface area contributed by atoms with Crippen LogP contribution in [-0.4, -0.2) is 11.3 Å². The van der Waals surface area contributed by atoms with Crippen LogP contribution in [0.15, 0.2) is 42.5 Å². The largest absolute Gasteiger partial charge is 0.326 e. The minimum atomic E-state index is -0.0328. The van der Waals surface area contributed by atoms with Crippen molar-refractivity contribution < 1.29 is 4.79 Å². The summed E-state index contributed by atoms with van der Waals surface area (Å²) in [6.07, 6.45) is 3.92. The second-order valence-corrected chi connectivity index (χ2v) is 3.91. The highest BCUT2D eigenvalue weighted by molar-refractivity contribution is 6.21. The van der Waals surface area contributed by atoms with E-state index in [0.29, 0.717) is 6.42 Å². The molecule has 1 N–H and O–H groups in total. The number of hydrogen-bond acceptors (Lipinski definition) is 1. The van der Waals surface area contributed by atoms with Gasteiger partial charge in [0.15, 0.2) is 0 Å². The van der Waals surface area contributed by atoms with Gasteiger partial charge in [-0.15, -0.1) is 11.6 Å². The summed E-state index contributed by atoms with van der Waals surface area (Å²) in [6, 6.07) is 9.38. The van der Waals surface area contributed by atoms with Gasteiger partial charge in [0.1, 0.15) is 0 Å². The van der Waals surface area contributed by atoms with Crippen LogP contribution in [0, 0.1) is 0 Å². The third-order valence-corrected chi connectivity index (χ3v) is 1.91. The molecule has 0 saturated carbocycles. The molecule has 80 valence electrons. The molecule has 0 heterocycles. The van der Waals surface area contributed by atoms with Crippen LogP contribution in [0.5, 0.6) is 0 Å². The van der Waals surface area contributed by atoms with Gasteiger partial charge in [-0.2, -0.15) is 0 Å². The van der Waals surface area contributed by atoms with E-state index in [9.17, 15) is 4.79 Å². The molecule has 1 aromatic rings. The Morgan fingerprint density at radius 3 is 2.73 bits per heavy atom. The van der Waals surface area contributed by atoms with Crippen LogP contribution < -0.4 is 5.32 Å². The zero-order valence-corrected chi connectivity index (χ0v) is 9.37. The highest BCUT2D eigenvalue weighted by Gasteiger charge is 1.98. The van der Waals surface area contributed by atoms with Gasteiger partial charge < -0.3 is 5.32 Å². The maximum atomic E-state index is 11.4. The summed E-state index contributed by atoms with van der Waals surface area (Å²) in [7, 11) is 0. The molecule has 0 fully saturated rings. The maximum Gasteiger partial charge on any atom is 0.228 e. The molecule has 0 aliphatic carbocycles. The van der Waals surface area contributed by atoms with Crippen molar-refractivity contribution in [2.75, 3.05) is 5.32 Å². The SMILES string of the molecule is C[C@@H](Cl)/C=C/CC(=O)Nc1ccccc1. The Labute approximate surface area is 94.9 Å². The first-order valence-corrected chi connectivity index (χ1v) is 5.28. The molecule has 3 heteroatoms. The Morgan fingerprint density at radius 1 is 1.47 bits per heavy atom. The van der Waals surface area contributed by atoms with Crippen molar-refractivity contribution in [2.24, 2.45) is 0 Å². The average molecular weight is 224 g/mol. The minimum Gasteiger partial charge on any atom is -0.326 e. The number of nitrogens with one attached hydrogen (secondary N) is 1. The number of hydrogen-bond donors (Lipinski definition) is 1. The zero-order valence-electron chi connectivity index (χ0n) is 8.61. The Morgan fingerprint density at radius 2 is 2.13 bits per heavy atom. The smallest absolute Gasteiger partial charge is 0.228 e. The van der Waals surface area contributed by atoms with E-state index >= 15 is 0 Å². The Hall–Kier alpha value is -1.28. The summed E-state index contributed by atoms with van der Waals surface area (Å²) < 4.78 is 0. The van der Waals surface area contributed by atoms with Crippen molar-refractivity contribution in [3.05, 3.63) is 42.5 Å². The molecule has 1 aromatic carbocycles. The second-order valence-electron chi connectivity index (χ2n) is 3.22. The van der Waals surface area contributed by atoms with E-state index in [1.807, 2.05) is 37.3 Å². The maximum absolute atomic E-state index is 11.4. The van der Waals surface area contributed by atoms with E-state index in [1.165, 1.54) is 0 Å². The van der Waals surface area contributed by atoms with Crippen LogP contribution in [0.1, 0.15) is 13.3 Å². The van der Waals surface area contributed by atoms with Crippen LogP contribution in [0.2, 0.25) is 0 Å². The second kappa shape index (κ2) is 6.25. The zero-order chi connectivity index (χ0) is 11.1.